The van der Waals surface area contributed by atoms with E-state index in [-0.39, 0.29) is 16.7 Å². The molecule has 0 aliphatic heterocycles. The van der Waals surface area contributed by atoms with Gasteiger partial charge in [0.05, 0.1) is 24.1 Å². The number of aromatic hydroxyl groups is 1. The van der Waals surface area contributed by atoms with Gasteiger partial charge in [0.15, 0.2) is 0 Å². The third kappa shape index (κ3) is 4.32. The zero-order valence-corrected chi connectivity index (χ0v) is 14.5. The minimum atomic E-state index is -0.378. The summed E-state index contributed by atoms with van der Waals surface area (Å²) in [6.45, 7) is 4.60. The number of unbranched alkanes of at least 4 members (excludes halogenated alkanes) is 1. The average Bonchev–Trinajstić information content (AvgIpc) is 2.85. The first-order valence-corrected chi connectivity index (χ1v) is 8.62. The van der Waals surface area contributed by atoms with Gasteiger partial charge < -0.3 is 9.84 Å². The third-order valence-electron chi connectivity index (χ3n) is 3.34. The second-order valence-electron chi connectivity index (χ2n) is 5.09. The van der Waals surface area contributed by atoms with E-state index in [1.54, 1.807) is 31.2 Å². The van der Waals surface area contributed by atoms with E-state index in [0.717, 1.165) is 24.2 Å². The molecule has 128 valence electrons. The van der Waals surface area contributed by atoms with Crippen molar-refractivity contribution >= 4 is 29.2 Å². The van der Waals surface area contributed by atoms with E-state index in [4.69, 9.17) is 4.74 Å². The summed E-state index contributed by atoms with van der Waals surface area (Å²) in [5, 5.41) is 10.1. The average molecular weight is 348 g/mol. The summed E-state index contributed by atoms with van der Waals surface area (Å²) in [7, 11) is 0. The van der Waals surface area contributed by atoms with Gasteiger partial charge in [0.2, 0.25) is 5.88 Å². The number of hydrogen-bond donors (Lipinski definition) is 1. The van der Waals surface area contributed by atoms with Gasteiger partial charge in [-0.1, -0.05) is 24.7 Å². The van der Waals surface area contributed by atoms with Crippen LogP contribution in [0.2, 0.25) is 0 Å². The van der Waals surface area contributed by atoms with Crippen LogP contribution in [0.1, 0.15) is 41.9 Å². The van der Waals surface area contributed by atoms with Crippen LogP contribution in [0.4, 0.5) is 5.69 Å². The molecule has 0 saturated carbocycles. The normalized spacial score (nSPS) is 11.1. The number of nitrogens with zero attached hydrogens (tertiary/aromatic N) is 2. The molecular formula is C17H20N2O4S. The van der Waals surface area contributed by atoms with Gasteiger partial charge in [0, 0.05) is 6.54 Å². The number of carbonyl (C=O) groups excluding carboxylic acids is 1. The molecular weight excluding hydrogens is 328 g/mol. The maximum Gasteiger partial charge on any atom is 0.338 e. The molecule has 0 aliphatic carbocycles. The SMILES string of the molecule is CCCCn1c(O)c(C=Nc2ccc(C(=O)OCC)cc2)sc1=O. The van der Waals surface area contributed by atoms with Crippen molar-refractivity contribution in [1.29, 1.82) is 0 Å². The van der Waals surface area contributed by atoms with Crippen LogP contribution >= 0.6 is 11.3 Å². The lowest BCUT2D eigenvalue weighted by molar-refractivity contribution is 0.0526. The fraction of sp³-hybridized carbons (Fsp3) is 0.353. The standard InChI is InChI=1S/C17H20N2O4S/c1-3-5-10-19-15(20)14(24-17(19)22)11-18-13-8-6-12(7-9-13)16(21)23-4-2/h6-9,11,20H,3-5,10H2,1-2H3. The summed E-state index contributed by atoms with van der Waals surface area (Å²) in [6, 6.07) is 6.60. The molecule has 2 rings (SSSR count). The van der Waals surface area contributed by atoms with Crippen LogP contribution in [0.3, 0.4) is 0 Å². The quantitative estimate of drug-likeness (QED) is 0.615. The van der Waals surface area contributed by atoms with Crippen molar-refractivity contribution in [2.75, 3.05) is 6.61 Å². The predicted molar refractivity (Wildman–Crippen MR) is 94.8 cm³/mol. The third-order valence-corrected chi connectivity index (χ3v) is 4.24. The number of aromatic nitrogens is 1. The largest absolute Gasteiger partial charge is 0.493 e. The molecule has 1 aromatic heterocycles. The van der Waals surface area contributed by atoms with Crippen molar-refractivity contribution in [3.63, 3.8) is 0 Å². The smallest absolute Gasteiger partial charge is 0.338 e. The van der Waals surface area contributed by atoms with Gasteiger partial charge in [-0.25, -0.2) is 4.79 Å². The maximum atomic E-state index is 11.9. The molecule has 1 N–H and O–H groups in total. The van der Waals surface area contributed by atoms with E-state index in [1.807, 2.05) is 6.92 Å². The Kier molecular flexibility index (Phi) is 6.31. The Morgan fingerprint density at radius 1 is 1.33 bits per heavy atom. The number of thiazole rings is 1. The van der Waals surface area contributed by atoms with Crippen LogP contribution < -0.4 is 4.87 Å². The van der Waals surface area contributed by atoms with Gasteiger partial charge in [0.1, 0.15) is 4.88 Å². The Balaban J connectivity index is 2.13. The number of ether oxygens (including phenoxy) is 1. The van der Waals surface area contributed by atoms with Gasteiger partial charge >= 0.3 is 10.8 Å². The number of esters is 1. The number of carbonyl (C=O) groups is 1. The van der Waals surface area contributed by atoms with Gasteiger partial charge in [-0.2, -0.15) is 0 Å². The van der Waals surface area contributed by atoms with E-state index in [0.29, 0.717) is 29.3 Å². The molecule has 0 atom stereocenters. The van der Waals surface area contributed by atoms with Gasteiger partial charge in [-0.05, 0) is 37.6 Å². The van der Waals surface area contributed by atoms with Crippen LogP contribution in [-0.2, 0) is 11.3 Å². The van der Waals surface area contributed by atoms with Crippen LogP contribution in [-0.4, -0.2) is 28.5 Å². The molecule has 2 aromatic rings. The Bertz CT molecular complexity index is 775. The molecule has 0 aliphatic rings. The van der Waals surface area contributed by atoms with Crippen molar-refractivity contribution in [3.8, 4) is 5.88 Å². The summed E-state index contributed by atoms with van der Waals surface area (Å²) in [6.07, 6.45) is 3.23. The van der Waals surface area contributed by atoms with E-state index in [9.17, 15) is 14.7 Å². The molecule has 24 heavy (non-hydrogen) atoms. The highest BCUT2D eigenvalue weighted by Crippen LogP contribution is 2.20. The van der Waals surface area contributed by atoms with Crippen molar-refractivity contribution in [2.45, 2.75) is 33.2 Å². The number of hydrogen-bond acceptors (Lipinski definition) is 6. The molecule has 0 bridgehead atoms. The monoisotopic (exact) mass is 348 g/mol. The molecule has 0 saturated heterocycles. The summed E-state index contributed by atoms with van der Waals surface area (Å²) < 4.78 is 6.28. The van der Waals surface area contributed by atoms with Crippen LogP contribution in [0.15, 0.2) is 34.1 Å². The molecule has 0 unspecified atom stereocenters. The first-order valence-electron chi connectivity index (χ1n) is 7.80. The van der Waals surface area contributed by atoms with Crippen molar-refractivity contribution in [1.82, 2.24) is 4.57 Å². The Labute approximate surface area is 144 Å². The van der Waals surface area contributed by atoms with Crippen LogP contribution in [0, 0.1) is 0 Å². The second kappa shape index (κ2) is 8.44. The van der Waals surface area contributed by atoms with Gasteiger partial charge in [-0.3, -0.25) is 14.4 Å². The lowest BCUT2D eigenvalue weighted by atomic mass is 10.2. The fourth-order valence-corrected chi connectivity index (χ4v) is 2.83. The minimum Gasteiger partial charge on any atom is -0.493 e. The van der Waals surface area contributed by atoms with E-state index < -0.39 is 0 Å². The van der Waals surface area contributed by atoms with Gasteiger partial charge in [0.25, 0.3) is 0 Å². The zero-order chi connectivity index (χ0) is 17.5. The van der Waals surface area contributed by atoms with Crippen LogP contribution in [0.25, 0.3) is 0 Å². The molecule has 0 fully saturated rings. The predicted octanol–water partition coefficient (Wildman–Crippen LogP) is 3.34. The number of aliphatic imine (C=N–C) groups is 1. The summed E-state index contributed by atoms with van der Waals surface area (Å²) >= 11 is 0.959. The Morgan fingerprint density at radius 2 is 2.04 bits per heavy atom. The highest BCUT2D eigenvalue weighted by molar-refractivity contribution is 7.11. The zero-order valence-electron chi connectivity index (χ0n) is 13.7. The molecule has 0 spiro atoms. The Hall–Kier alpha value is -2.41. The molecule has 1 aromatic carbocycles. The molecule has 1 heterocycles. The van der Waals surface area contributed by atoms with E-state index in [1.165, 1.54) is 10.8 Å². The second-order valence-corrected chi connectivity index (χ2v) is 6.08. The summed E-state index contributed by atoms with van der Waals surface area (Å²) in [4.78, 5) is 27.9. The molecule has 7 heteroatoms. The van der Waals surface area contributed by atoms with Crippen molar-refractivity contribution < 1.29 is 14.6 Å². The van der Waals surface area contributed by atoms with E-state index >= 15 is 0 Å². The minimum absolute atomic E-state index is 0.0506. The summed E-state index contributed by atoms with van der Waals surface area (Å²) in [5.74, 6) is -0.428. The highest BCUT2D eigenvalue weighted by Gasteiger charge is 2.11. The molecule has 0 radical (unpaired) electrons. The molecule has 0 amide bonds. The topological polar surface area (TPSA) is 80.9 Å². The van der Waals surface area contributed by atoms with Crippen molar-refractivity contribution in [2.24, 2.45) is 4.99 Å². The highest BCUT2D eigenvalue weighted by atomic mass is 32.1. The van der Waals surface area contributed by atoms with Crippen molar-refractivity contribution in [3.05, 3.63) is 44.4 Å². The lowest BCUT2D eigenvalue weighted by Crippen LogP contribution is -2.12. The number of benzene rings is 1. The summed E-state index contributed by atoms with van der Waals surface area (Å²) in [5.41, 5.74) is 1.07. The first kappa shape index (κ1) is 17.9. The number of rotatable bonds is 7. The Morgan fingerprint density at radius 3 is 2.67 bits per heavy atom. The first-order chi connectivity index (χ1) is 11.6. The van der Waals surface area contributed by atoms with Crippen LogP contribution in [0.5, 0.6) is 5.88 Å². The molecule has 6 nitrogen and oxygen atoms in total. The lowest BCUT2D eigenvalue weighted by Gasteiger charge is -2.02. The fourth-order valence-electron chi connectivity index (χ4n) is 2.04. The van der Waals surface area contributed by atoms with E-state index in [2.05, 4.69) is 4.99 Å². The maximum absolute atomic E-state index is 11.9. The van der Waals surface area contributed by atoms with Gasteiger partial charge in [-0.15, -0.1) is 0 Å².